The maximum Gasteiger partial charge on any atom is 0.419 e. The van der Waals surface area contributed by atoms with Gasteiger partial charge in [0.25, 0.3) is 0 Å². The Hall–Kier alpha value is -1.48. The van der Waals surface area contributed by atoms with E-state index in [-0.39, 0.29) is 23.2 Å². The molecule has 9 heteroatoms. The van der Waals surface area contributed by atoms with Crippen LogP contribution in [0.3, 0.4) is 0 Å². The Morgan fingerprint density at radius 2 is 1.91 bits per heavy atom. The van der Waals surface area contributed by atoms with Gasteiger partial charge in [0.1, 0.15) is 11.6 Å². The van der Waals surface area contributed by atoms with Crippen molar-refractivity contribution in [3.63, 3.8) is 0 Å². The van der Waals surface area contributed by atoms with Gasteiger partial charge >= 0.3 is 6.18 Å². The Balaban J connectivity index is 2.34. The summed E-state index contributed by atoms with van der Waals surface area (Å²) in [4.78, 5) is 0. The van der Waals surface area contributed by atoms with E-state index in [0.29, 0.717) is 6.07 Å². The van der Waals surface area contributed by atoms with Crippen molar-refractivity contribution in [2.24, 2.45) is 0 Å². The molecule has 1 aliphatic heterocycles. The van der Waals surface area contributed by atoms with Crippen LogP contribution in [0, 0.1) is 12.7 Å². The van der Waals surface area contributed by atoms with Gasteiger partial charge in [-0.2, -0.15) is 13.2 Å². The van der Waals surface area contributed by atoms with Gasteiger partial charge in [0.2, 0.25) is 5.88 Å². The summed E-state index contributed by atoms with van der Waals surface area (Å²) in [5.41, 5.74) is 1.38. The van der Waals surface area contributed by atoms with Gasteiger partial charge in [-0.3, -0.25) is 5.01 Å². The third-order valence-corrected chi connectivity index (χ3v) is 3.30. The highest BCUT2D eigenvalue weighted by Crippen LogP contribution is 2.36. The van der Waals surface area contributed by atoms with Gasteiger partial charge in [-0.1, -0.05) is 0 Å². The van der Waals surface area contributed by atoms with Crippen LogP contribution < -0.4 is 10.3 Å². The number of ether oxygens (including phenoxy) is 1. The van der Waals surface area contributed by atoms with E-state index < -0.39 is 17.6 Å². The molecule has 2 rings (SSSR count). The molecule has 0 atom stereocenters. The van der Waals surface area contributed by atoms with E-state index in [2.05, 4.69) is 21.7 Å². The molecular formula is C13H14BrF4N3O. The number of alkyl halides is 3. The molecule has 1 aromatic rings. The molecule has 1 N–H and O–H groups in total. The van der Waals surface area contributed by atoms with E-state index in [1.807, 2.05) is 13.8 Å². The second-order valence-electron chi connectivity index (χ2n) is 5.04. The fourth-order valence-electron chi connectivity index (χ4n) is 1.91. The Kier molecular flexibility index (Phi) is 4.57. The van der Waals surface area contributed by atoms with E-state index in [0.717, 1.165) is 0 Å². The molecular weight excluding hydrogens is 370 g/mol. The van der Waals surface area contributed by atoms with Crippen LogP contribution in [0.1, 0.15) is 25.0 Å². The van der Waals surface area contributed by atoms with Crippen LogP contribution in [0.15, 0.2) is 24.2 Å². The average molecular weight is 384 g/mol. The highest BCUT2D eigenvalue weighted by atomic mass is 79.9. The lowest BCUT2D eigenvalue weighted by molar-refractivity contribution is -0.140. The number of hydrazine groups is 2. The molecule has 0 amide bonds. The highest BCUT2D eigenvalue weighted by Gasteiger charge is 2.36. The molecule has 22 heavy (non-hydrogen) atoms. The van der Waals surface area contributed by atoms with Crippen molar-refractivity contribution >= 4 is 16.1 Å². The second kappa shape index (κ2) is 5.96. The molecule has 0 saturated carbocycles. The fourth-order valence-corrected chi connectivity index (χ4v) is 2.25. The highest BCUT2D eigenvalue weighted by molar-refractivity contribution is 9.07. The van der Waals surface area contributed by atoms with E-state index in [9.17, 15) is 17.6 Å². The Morgan fingerprint density at radius 3 is 2.45 bits per heavy atom. The fraction of sp³-hybridized carbons (Fsp3) is 0.385. The lowest BCUT2D eigenvalue weighted by Gasteiger charge is -2.25. The van der Waals surface area contributed by atoms with Gasteiger partial charge in [0.15, 0.2) is 0 Å². The number of nitrogens with zero attached hydrogens (tertiary/aromatic N) is 2. The first kappa shape index (κ1) is 16.9. The summed E-state index contributed by atoms with van der Waals surface area (Å²) in [6.07, 6.45) is -3.28. The van der Waals surface area contributed by atoms with Gasteiger partial charge in [0.05, 0.1) is 27.9 Å². The van der Waals surface area contributed by atoms with Crippen molar-refractivity contribution in [2.45, 2.75) is 33.0 Å². The summed E-state index contributed by atoms with van der Waals surface area (Å²) in [5.74, 6) is -1.10. The number of nitrogens with one attached hydrogen (secondary N) is 1. The predicted molar refractivity (Wildman–Crippen MR) is 75.7 cm³/mol. The zero-order valence-corrected chi connectivity index (χ0v) is 13.6. The van der Waals surface area contributed by atoms with E-state index in [1.165, 1.54) is 23.2 Å². The molecule has 1 aromatic carbocycles. The van der Waals surface area contributed by atoms with E-state index in [1.54, 1.807) is 5.01 Å². The maximum atomic E-state index is 13.6. The molecule has 0 bridgehead atoms. The molecule has 122 valence electrons. The van der Waals surface area contributed by atoms with Crippen LogP contribution in [0.5, 0.6) is 5.75 Å². The topological polar surface area (TPSA) is 27.7 Å². The minimum absolute atomic E-state index is 0.0163. The van der Waals surface area contributed by atoms with Crippen LogP contribution in [-0.2, 0) is 6.18 Å². The summed E-state index contributed by atoms with van der Waals surface area (Å²) in [6.45, 7) is 5.00. The number of rotatable bonds is 3. The first-order chi connectivity index (χ1) is 10.1. The Labute approximate surface area is 133 Å². The molecule has 1 aliphatic rings. The summed E-state index contributed by atoms with van der Waals surface area (Å²) in [6, 6.07) is 1.86. The SMILES string of the molecule is Cc1cc(OC2=CN(Br)NN2C(C)C)cc(C(F)(F)F)c1F. The molecule has 0 aromatic heterocycles. The van der Waals surface area contributed by atoms with Crippen LogP contribution in [0.4, 0.5) is 17.6 Å². The third-order valence-electron chi connectivity index (χ3n) is 2.94. The lowest BCUT2D eigenvalue weighted by atomic mass is 10.1. The molecule has 4 nitrogen and oxygen atoms in total. The first-order valence-corrected chi connectivity index (χ1v) is 7.08. The van der Waals surface area contributed by atoms with Crippen molar-refractivity contribution in [3.05, 3.63) is 41.2 Å². The quantitative estimate of drug-likeness (QED) is 0.628. The number of benzene rings is 1. The third kappa shape index (κ3) is 3.46. The summed E-state index contributed by atoms with van der Waals surface area (Å²) in [7, 11) is 0. The zero-order chi connectivity index (χ0) is 16.7. The monoisotopic (exact) mass is 383 g/mol. The van der Waals surface area contributed by atoms with Crippen molar-refractivity contribution < 1.29 is 22.3 Å². The number of hydrogen-bond donors (Lipinski definition) is 1. The molecule has 0 spiro atoms. The second-order valence-corrected chi connectivity index (χ2v) is 5.81. The normalized spacial score (nSPS) is 15.6. The molecule has 0 radical (unpaired) electrons. The Morgan fingerprint density at radius 1 is 1.27 bits per heavy atom. The minimum Gasteiger partial charge on any atom is -0.438 e. The molecule has 0 unspecified atom stereocenters. The number of halogens is 5. The largest absolute Gasteiger partial charge is 0.438 e. The molecule has 0 saturated heterocycles. The van der Waals surface area contributed by atoms with Crippen LogP contribution in [0.2, 0.25) is 0 Å². The van der Waals surface area contributed by atoms with Crippen LogP contribution >= 0.6 is 16.1 Å². The molecule has 0 aliphatic carbocycles. The zero-order valence-electron chi connectivity index (χ0n) is 12.0. The van der Waals surface area contributed by atoms with Crippen molar-refractivity contribution in [1.82, 2.24) is 14.6 Å². The average Bonchev–Trinajstić information content (AvgIpc) is 2.73. The van der Waals surface area contributed by atoms with Crippen molar-refractivity contribution in [3.8, 4) is 5.75 Å². The van der Waals surface area contributed by atoms with Crippen molar-refractivity contribution in [2.75, 3.05) is 0 Å². The summed E-state index contributed by atoms with van der Waals surface area (Å²) < 4.78 is 59.0. The van der Waals surface area contributed by atoms with Gasteiger partial charge < -0.3 is 4.74 Å². The summed E-state index contributed by atoms with van der Waals surface area (Å²) in [5, 5.41) is 1.60. The standard InChI is InChI=1S/C13H14BrF4N3O/c1-7(2)21-11(6-20(14)19-21)22-9-4-8(3)12(15)10(5-9)13(16,17)18/h4-7,19H,1-3H3. The van der Waals surface area contributed by atoms with E-state index in [4.69, 9.17) is 4.74 Å². The predicted octanol–water partition coefficient (Wildman–Crippen LogP) is 4.09. The minimum atomic E-state index is -4.78. The number of hydrogen-bond acceptors (Lipinski definition) is 4. The smallest absolute Gasteiger partial charge is 0.419 e. The van der Waals surface area contributed by atoms with Crippen molar-refractivity contribution in [1.29, 1.82) is 0 Å². The summed E-state index contributed by atoms with van der Waals surface area (Å²) >= 11 is 3.16. The maximum absolute atomic E-state index is 13.6. The van der Waals surface area contributed by atoms with E-state index >= 15 is 0 Å². The Bertz CT molecular complexity index is 604. The molecule has 0 fully saturated rings. The van der Waals surface area contributed by atoms with Crippen LogP contribution in [-0.4, -0.2) is 15.1 Å². The van der Waals surface area contributed by atoms with Gasteiger partial charge in [-0.05, 0) is 38.5 Å². The number of aryl methyl sites for hydroxylation is 1. The van der Waals surface area contributed by atoms with Gasteiger partial charge in [0, 0.05) is 6.04 Å². The molecule has 1 heterocycles. The van der Waals surface area contributed by atoms with Crippen LogP contribution in [0.25, 0.3) is 0 Å². The van der Waals surface area contributed by atoms with Gasteiger partial charge in [-0.15, -0.1) is 5.53 Å². The lowest BCUT2D eigenvalue weighted by Crippen LogP contribution is -2.42. The first-order valence-electron chi connectivity index (χ1n) is 6.37. The van der Waals surface area contributed by atoms with Gasteiger partial charge in [-0.25, -0.2) is 8.43 Å².